The molecule has 3 aromatic rings. The summed E-state index contributed by atoms with van der Waals surface area (Å²) in [6, 6.07) is 12.3. The van der Waals surface area contributed by atoms with Gasteiger partial charge in [-0.1, -0.05) is 29.5 Å². The van der Waals surface area contributed by atoms with Crippen molar-refractivity contribution in [2.45, 2.75) is 13.5 Å². The summed E-state index contributed by atoms with van der Waals surface area (Å²) in [6.07, 6.45) is 0. The Bertz CT molecular complexity index is 813. The lowest BCUT2D eigenvalue weighted by Gasteiger charge is -2.04. The van der Waals surface area contributed by atoms with Crippen LogP contribution in [0.15, 0.2) is 36.4 Å². The Labute approximate surface area is 126 Å². The largest absolute Gasteiger partial charge is 0.454 e. The fourth-order valence-electron chi connectivity index (χ4n) is 2.39. The summed E-state index contributed by atoms with van der Waals surface area (Å²) >= 11 is 1.68. The Morgan fingerprint density at radius 3 is 3.00 bits per heavy atom. The van der Waals surface area contributed by atoms with E-state index in [1.165, 1.54) is 10.3 Å². The Balaban J connectivity index is 1.54. The minimum absolute atomic E-state index is 0.309. The number of aryl methyl sites for hydroxylation is 1. The topological polar surface area (TPSA) is 43.4 Å². The molecular weight excluding hydrogens is 284 g/mol. The van der Waals surface area contributed by atoms with Crippen LogP contribution in [-0.4, -0.2) is 11.8 Å². The van der Waals surface area contributed by atoms with Crippen LogP contribution in [0.25, 0.3) is 10.2 Å². The predicted molar refractivity (Wildman–Crippen MR) is 84.2 cm³/mol. The van der Waals surface area contributed by atoms with E-state index >= 15 is 0 Å². The van der Waals surface area contributed by atoms with Crippen LogP contribution < -0.4 is 14.8 Å². The van der Waals surface area contributed by atoms with Crippen LogP contribution >= 0.6 is 11.3 Å². The van der Waals surface area contributed by atoms with Crippen molar-refractivity contribution in [3.05, 3.63) is 47.5 Å². The number of nitrogens with zero attached hydrogens (tertiary/aromatic N) is 1. The molecule has 5 heteroatoms. The maximum absolute atomic E-state index is 5.39. The van der Waals surface area contributed by atoms with Gasteiger partial charge in [-0.25, -0.2) is 4.98 Å². The van der Waals surface area contributed by atoms with Crippen molar-refractivity contribution in [3.63, 3.8) is 0 Å². The predicted octanol–water partition coefficient (Wildman–Crippen LogP) is 3.95. The monoisotopic (exact) mass is 298 g/mol. The lowest BCUT2D eigenvalue weighted by Crippen LogP contribution is -1.98. The second-order valence-electron chi connectivity index (χ2n) is 4.98. The first-order valence-electron chi connectivity index (χ1n) is 6.78. The average Bonchev–Trinajstić information content (AvgIpc) is 3.11. The highest BCUT2D eigenvalue weighted by molar-refractivity contribution is 7.22. The molecule has 0 spiro atoms. The molecule has 1 aromatic heterocycles. The Morgan fingerprint density at radius 1 is 1.19 bits per heavy atom. The van der Waals surface area contributed by atoms with Crippen molar-refractivity contribution in [1.82, 2.24) is 4.98 Å². The number of nitrogens with one attached hydrogen (secondary N) is 1. The molecule has 2 aromatic carbocycles. The molecule has 1 aliphatic heterocycles. The van der Waals surface area contributed by atoms with Crippen LogP contribution in [0.3, 0.4) is 0 Å². The third-order valence-electron chi connectivity index (χ3n) is 3.50. The molecule has 4 rings (SSSR count). The normalized spacial score (nSPS) is 12.8. The first-order valence-corrected chi connectivity index (χ1v) is 7.60. The Hall–Kier alpha value is -2.27. The second kappa shape index (κ2) is 4.93. The molecule has 0 fully saturated rings. The molecule has 0 saturated carbocycles. The van der Waals surface area contributed by atoms with E-state index in [0.717, 1.165) is 34.3 Å². The first-order chi connectivity index (χ1) is 10.3. The highest BCUT2D eigenvalue weighted by Crippen LogP contribution is 2.33. The maximum Gasteiger partial charge on any atom is 0.231 e. The molecular formula is C16H14N2O2S. The Kier molecular flexibility index (Phi) is 2.93. The van der Waals surface area contributed by atoms with Gasteiger partial charge in [0.05, 0.1) is 10.2 Å². The quantitative estimate of drug-likeness (QED) is 0.795. The van der Waals surface area contributed by atoms with E-state index in [1.807, 2.05) is 18.2 Å². The van der Waals surface area contributed by atoms with Crippen LogP contribution in [0.1, 0.15) is 11.1 Å². The number of ether oxygens (including phenoxy) is 2. The lowest BCUT2D eigenvalue weighted by atomic mass is 10.2. The number of fused-ring (bicyclic) bond motifs is 2. The van der Waals surface area contributed by atoms with Gasteiger partial charge in [0.15, 0.2) is 16.6 Å². The number of thiazole rings is 1. The van der Waals surface area contributed by atoms with Crippen LogP contribution in [0.4, 0.5) is 5.13 Å². The summed E-state index contributed by atoms with van der Waals surface area (Å²) in [7, 11) is 0. The number of aromatic nitrogens is 1. The molecule has 0 bridgehead atoms. The van der Waals surface area contributed by atoms with Gasteiger partial charge in [-0.2, -0.15) is 0 Å². The molecule has 1 aliphatic rings. The van der Waals surface area contributed by atoms with Crippen molar-refractivity contribution < 1.29 is 9.47 Å². The SMILES string of the molecule is Cc1cccc2sc(NCc3ccc4c(c3)OCO4)nc12. The van der Waals surface area contributed by atoms with Gasteiger partial charge in [0.1, 0.15) is 0 Å². The molecule has 0 radical (unpaired) electrons. The lowest BCUT2D eigenvalue weighted by molar-refractivity contribution is 0.174. The molecule has 2 heterocycles. The van der Waals surface area contributed by atoms with Crippen LogP contribution in [0.5, 0.6) is 11.5 Å². The van der Waals surface area contributed by atoms with E-state index in [0.29, 0.717) is 6.79 Å². The third-order valence-corrected chi connectivity index (χ3v) is 4.48. The average molecular weight is 298 g/mol. The number of rotatable bonds is 3. The molecule has 21 heavy (non-hydrogen) atoms. The summed E-state index contributed by atoms with van der Waals surface area (Å²) < 4.78 is 11.9. The van der Waals surface area contributed by atoms with Gasteiger partial charge in [0.2, 0.25) is 6.79 Å². The van der Waals surface area contributed by atoms with Gasteiger partial charge in [-0.3, -0.25) is 0 Å². The van der Waals surface area contributed by atoms with Crippen molar-refractivity contribution in [2.24, 2.45) is 0 Å². The zero-order valence-electron chi connectivity index (χ0n) is 11.6. The van der Waals surface area contributed by atoms with Crippen LogP contribution in [0.2, 0.25) is 0 Å². The van der Waals surface area contributed by atoms with Gasteiger partial charge in [0.25, 0.3) is 0 Å². The van der Waals surface area contributed by atoms with Crippen molar-refractivity contribution in [1.29, 1.82) is 0 Å². The summed E-state index contributed by atoms with van der Waals surface area (Å²) in [5, 5.41) is 4.32. The molecule has 0 atom stereocenters. The number of hydrogen-bond acceptors (Lipinski definition) is 5. The fourth-order valence-corrected chi connectivity index (χ4v) is 3.33. The van der Waals surface area contributed by atoms with Crippen molar-refractivity contribution in [3.8, 4) is 11.5 Å². The van der Waals surface area contributed by atoms with Gasteiger partial charge < -0.3 is 14.8 Å². The first kappa shape index (κ1) is 12.5. The summed E-state index contributed by atoms with van der Waals surface area (Å²) in [5.41, 5.74) is 3.44. The second-order valence-corrected chi connectivity index (χ2v) is 6.01. The van der Waals surface area contributed by atoms with E-state index < -0.39 is 0 Å². The highest BCUT2D eigenvalue weighted by atomic mass is 32.1. The zero-order chi connectivity index (χ0) is 14.2. The maximum atomic E-state index is 5.39. The molecule has 0 unspecified atom stereocenters. The zero-order valence-corrected chi connectivity index (χ0v) is 12.4. The number of anilines is 1. The van der Waals surface area contributed by atoms with E-state index in [-0.39, 0.29) is 0 Å². The van der Waals surface area contributed by atoms with Gasteiger partial charge in [-0.15, -0.1) is 0 Å². The Morgan fingerprint density at radius 2 is 2.10 bits per heavy atom. The minimum atomic E-state index is 0.309. The van der Waals surface area contributed by atoms with Crippen LogP contribution in [0, 0.1) is 6.92 Å². The minimum Gasteiger partial charge on any atom is -0.454 e. The van der Waals surface area contributed by atoms with E-state index in [4.69, 9.17) is 9.47 Å². The summed E-state index contributed by atoms with van der Waals surface area (Å²) in [4.78, 5) is 4.65. The molecule has 0 amide bonds. The van der Waals surface area contributed by atoms with E-state index in [9.17, 15) is 0 Å². The highest BCUT2D eigenvalue weighted by Gasteiger charge is 2.13. The van der Waals surface area contributed by atoms with Crippen molar-refractivity contribution >= 4 is 26.7 Å². The van der Waals surface area contributed by atoms with Gasteiger partial charge in [0, 0.05) is 6.54 Å². The van der Waals surface area contributed by atoms with E-state index in [1.54, 1.807) is 11.3 Å². The van der Waals surface area contributed by atoms with E-state index in [2.05, 4.69) is 35.4 Å². The summed E-state index contributed by atoms with van der Waals surface area (Å²) in [6.45, 7) is 3.11. The number of benzene rings is 2. The standard InChI is InChI=1S/C16H14N2O2S/c1-10-3-2-4-14-15(10)18-16(21-14)17-8-11-5-6-12-13(7-11)20-9-19-12/h2-7H,8-9H2,1H3,(H,17,18). The smallest absolute Gasteiger partial charge is 0.231 e. The number of hydrogen-bond donors (Lipinski definition) is 1. The molecule has 1 N–H and O–H groups in total. The molecule has 0 saturated heterocycles. The fraction of sp³-hybridized carbons (Fsp3) is 0.188. The molecule has 106 valence electrons. The summed E-state index contributed by atoms with van der Waals surface area (Å²) in [5.74, 6) is 1.63. The van der Waals surface area contributed by atoms with Crippen LogP contribution in [-0.2, 0) is 6.54 Å². The molecule has 4 nitrogen and oxygen atoms in total. The third kappa shape index (κ3) is 2.29. The molecule has 0 aliphatic carbocycles. The van der Waals surface area contributed by atoms with Gasteiger partial charge in [-0.05, 0) is 36.2 Å². The van der Waals surface area contributed by atoms with Crippen molar-refractivity contribution in [2.75, 3.05) is 12.1 Å². The number of para-hydroxylation sites is 1. The van der Waals surface area contributed by atoms with Gasteiger partial charge >= 0.3 is 0 Å².